The first-order valence-corrected chi connectivity index (χ1v) is 11.1. The third-order valence-electron chi connectivity index (χ3n) is 6.09. The van der Waals surface area contributed by atoms with Crippen LogP contribution in [-0.4, -0.2) is 15.5 Å². The standard InChI is InChI=1S/C27H24ClN3O/c1-18-8-5-10-20(16-18)26-25-14-7-15-30(25)24-13-4-3-9-21(24)17-31(26)27(32)29-23-12-6-11-22(28)19(23)2/h3-16,26H,17H2,1-2H3,(H,29,32)/t26-/m1/s1. The van der Waals surface area contributed by atoms with E-state index in [1.807, 2.05) is 54.3 Å². The molecule has 0 saturated carbocycles. The van der Waals surface area contributed by atoms with E-state index >= 15 is 0 Å². The summed E-state index contributed by atoms with van der Waals surface area (Å²) in [5.74, 6) is 0. The summed E-state index contributed by atoms with van der Waals surface area (Å²) in [5, 5.41) is 3.74. The number of hydrogen-bond acceptors (Lipinski definition) is 1. The normalized spacial score (nSPS) is 15.0. The fraction of sp³-hybridized carbons (Fsp3) is 0.148. The van der Waals surface area contributed by atoms with Crippen LogP contribution in [-0.2, 0) is 6.54 Å². The average Bonchev–Trinajstić information content (AvgIpc) is 3.21. The smallest absolute Gasteiger partial charge is 0.318 e. The molecule has 1 aliphatic rings. The molecule has 0 bridgehead atoms. The Morgan fingerprint density at radius 1 is 0.969 bits per heavy atom. The van der Waals surface area contributed by atoms with Crippen LogP contribution in [0.25, 0.3) is 5.69 Å². The first kappa shape index (κ1) is 20.4. The molecule has 0 unspecified atom stereocenters. The maximum Gasteiger partial charge on any atom is 0.322 e. The highest BCUT2D eigenvalue weighted by atomic mass is 35.5. The van der Waals surface area contributed by atoms with Gasteiger partial charge in [0.25, 0.3) is 0 Å². The predicted octanol–water partition coefficient (Wildman–Crippen LogP) is 6.88. The number of aromatic nitrogens is 1. The van der Waals surface area contributed by atoms with Crippen molar-refractivity contribution in [3.05, 3.63) is 118 Å². The number of benzene rings is 3. The van der Waals surface area contributed by atoms with Crippen molar-refractivity contribution in [1.29, 1.82) is 0 Å². The molecule has 2 heterocycles. The Balaban J connectivity index is 1.65. The van der Waals surface area contributed by atoms with Gasteiger partial charge in [-0.1, -0.05) is 65.7 Å². The molecule has 4 aromatic rings. The van der Waals surface area contributed by atoms with Gasteiger partial charge in [0.2, 0.25) is 0 Å². The molecule has 32 heavy (non-hydrogen) atoms. The number of carbonyl (C=O) groups excluding carboxylic acids is 1. The summed E-state index contributed by atoms with van der Waals surface area (Å²) in [4.78, 5) is 15.7. The highest BCUT2D eigenvalue weighted by Crippen LogP contribution is 2.37. The number of amides is 2. The molecule has 0 spiro atoms. The Bertz CT molecular complexity index is 1310. The second-order valence-corrected chi connectivity index (χ2v) is 8.63. The molecule has 3 aromatic carbocycles. The number of carbonyl (C=O) groups is 1. The average molecular weight is 442 g/mol. The lowest BCUT2D eigenvalue weighted by Gasteiger charge is -2.31. The second kappa shape index (κ2) is 8.21. The van der Waals surface area contributed by atoms with E-state index in [9.17, 15) is 4.79 Å². The summed E-state index contributed by atoms with van der Waals surface area (Å²) in [6.45, 7) is 4.48. The van der Waals surface area contributed by atoms with Crippen molar-refractivity contribution in [3.8, 4) is 5.69 Å². The van der Waals surface area contributed by atoms with Crippen molar-refractivity contribution in [3.63, 3.8) is 0 Å². The van der Waals surface area contributed by atoms with Crippen molar-refractivity contribution < 1.29 is 4.79 Å². The van der Waals surface area contributed by atoms with Crippen molar-refractivity contribution in [2.75, 3.05) is 5.32 Å². The van der Waals surface area contributed by atoms with Crippen LogP contribution in [0.15, 0.2) is 85.1 Å². The summed E-state index contributed by atoms with van der Waals surface area (Å²) >= 11 is 6.30. The fourth-order valence-corrected chi connectivity index (χ4v) is 4.63. The molecule has 1 aliphatic heterocycles. The van der Waals surface area contributed by atoms with E-state index in [4.69, 9.17) is 11.6 Å². The quantitative estimate of drug-likeness (QED) is 0.361. The molecule has 0 saturated heterocycles. The molecule has 2 amide bonds. The third-order valence-corrected chi connectivity index (χ3v) is 6.50. The second-order valence-electron chi connectivity index (χ2n) is 8.22. The molecular formula is C27H24ClN3O. The molecule has 0 fully saturated rings. The topological polar surface area (TPSA) is 37.3 Å². The monoisotopic (exact) mass is 441 g/mol. The van der Waals surface area contributed by atoms with E-state index < -0.39 is 0 Å². The van der Waals surface area contributed by atoms with Gasteiger partial charge in [-0.25, -0.2) is 4.79 Å². The van der Waals surface area contributed by atoms with Gasteiger partial charge >= 0.3 is 6.03 Å². The maximum atomic E-state index is 13.8. The van der Waals surface area contributed by atoms with Crippen LogP contribution in [0.5, 0.6) is 0 Å². The largest absolute Gasteiger partial charge is 0.322 e. The molecule has 160 valence electrons. The highest BCUT2D eigenvalue weighted by molar-refractivity contribution is 6.31. The lowest BCUT2D eigenvalue weighted by Crippen LogP contribution is -2.38. The molecule has 0 aliphatic carbocycles. The van der Waals surface area contributed by atoms with E-state index in [0.29, 0.717) is 11.6 Å². The Labute approximate surface area is 193 Å². The van der Waals surface area contributed by atoms with E-state index in [1.165, 1.54) is 0 Å². The number of hydrogen-bond donors (Lipinski definition) is 1. The van der Waals surface area contributed by atoms with Crippen molar-refractivity contribution in [2.24, 2.45) is 0 Å². The summed E-state index contributed by atoms with van der Waals surface area (Å²) in [6.07, 6.45) is 2.07. The van der Waals surface area contributed by atoms with E-state index in [-0.39, 0.29) is 12.1 Å². The van der Waals surface area contributed by atoms with Gasteiger partial charge in [0.05, 0.1) is 18.3 Å². The number of rotatable bonds is 2. The van der Waals surface area contributed by atoms with Gasteiger partial charge in [0, 0.05) is 22.6 Å². The van der Waals surface area contributed by atoms with Crippen molar-refractivity contribution >= 4 is 23.3 Å². The lowest BCUT2D eigenvalue weighted by molar-refractivity contribution is 0.194. The van der Waals surface area contributed by atoms with Gasteiger partial charge in [-0.15, -0.1) is 0 Å². The molecule has 1 aromatic heterocycles. The summed E-state index contributed by atoms with van der Waals surface area (Å²) < 4.78 is 2.19. The first-order valence-electron chi connectivity index (χ1n) is 10.7. The summed E-state index contributed by atoms with van der Waals surface area (Å²) in [7, 11) is 0. The molecule has 1 N–H and O–H groups in total. The van der Waals surface area contributed by atoms with Crippen LogP contribution in [0.2, 0.25) is 5.02 Å². The minimum absolute atomic E-state index is 0.161. The highest BCUT2D eigenvalue weighted by Gasteiger charge is 2.33. The van der Waals surface area contributed by atoms with Gasteiger partial charge < -0.3 is 14.8 Å². The number of fused-ring (bicyclic) bond motifs is 3. The SMILES string of the molecule is Cc1cccc([C@@H]2c3cccn3-c3ccccc3CN2C(=O)Nc2cccc(Cl)c2C)c1. The zero-order valence-corrected chi connectivity index (χ0v) is 18.8. The Hall–Kier alpha value is -3.50. The van der Waals surface area contributed by atoms with Crippen molar-refractivity contribution in [2.45, 2.75) is 26.4 Å². The molecule has 5 heteroatoms. The minimum atomic E-state index is -0.239. The fourth-order valence-electron chi connectivity index (χ4n) is 4.46. The number of nitrogens with zero attached hydrogens (tertiary/aromatic N) is 2. The van der Waals surface area contributed by atoms with E-state index in [2.05, 4.69) is 59.4 Å². The summed E-state index contributed by atoms with van der Waals surface area (Å²) in [5.41, 5.74) is 7.06. The van der Waals surface area contributed by atoms with Gasteiger partial charge in [0.15, 0.2) is 0 Å². The number of nitrogens with one attached hydrogen (secondary N) is 1. The Morgan fingerprint density at radius 3 is 2.62 bits per heavy atom. The maximum absolute atomic E-state index is 13.8. The van der Waals surface area contributed by atoms with E-state index in [1.54, 1.807) is 0 Å². The first-order chi connectivity index (χ1) is 15.5. The van der Waals surface area contributed by atoms with Crippen molar-refractivity contribution in [1.82, 2.24) is 9.47 Å². The molecule has 1 atom stereocenters. The number of anilines is 1. The van der Waals surface area contributed by atoms with E-state index in [0.717, 1.165) is 39.3 Å². The third kappa shape index (κ3) is 3.57. The van der Waals surface area contributed by atoms with Gasteiger partial charge in [0.1, 0.15) is 0 Å². The van der Waals surface area contributed by atoms with Gasteiger partial charge in [-0.3, -0.25) is 0 Å². The number of aryl methyl sites for hydroxylation is 1. The molecule has 5 rings (SSSR count). The number of urea groups is 1. The predicted molar refractivity (Wildman–Crippen MR) is 130 cm³/mol. The zero-order valence-electron chi connectivity index (χ0n) is 18.0. The molecular weight excluding hydrogens is 418 g/mol. The van der Waals surface area contributed by atoms with Crippen LogP contribution in [0.1, 0.15) is 34.0 Å². The van der Waals surface area contributed by atoms with Gasteiger partial charge in [-0.05, 0) is 60.9 Å². The zero-order chi connectivity index (χ0) is 22.2. The van der Waals surface area contributed by atoms with Crippen LogP contribution in [0, 0.1) is 13.8 Å². The van der Waals surface area contributed by atoms with Crippen LogP contribution in [0.3, 0.4) is 0 Å². The number of para-hydroxylation sites is 1. The van der Waals surface area contributed by atoms with Gasteiger partial charge in [-0.2, -0.15) is 0 Å². The van der Waals surface area contributed by atoms with Crippen LogP contribution >= 0.6 is 11.6 Å². The minimum Gasteiger partial charge on any atom is -0.318 e. The number of halogens is 1. The Kier molecular flexibility index (Phi) is 5.24. The van der Waals surface area contributed by atoms with Crippen LogP contribution < -0.4 is 5.32 Å². The Morgan fingerprint density at radius 2 is 1.78 bits per heavy atom. The lowest BCUT2D eigenvalue weighted by atomic mass is 10.00. The molecule has 4 nitrogen and oxygen atoms in total. The summed E-state index contributed by atoms with van der Waals surface area (Å²) in [6, 6.07) is 25.9. The molecule has 0 radical (unpaired) electrons. The van der Waals surface area contributed by atoms with Crippen LogP contribution in [0.4, 0.5) is 10.5 Å².